The summed E-state index contributed by atoms with van der Waals surface area (Å²) in [6, 6.07) is 12.2. The zero-order valence-electron chi connectivity index (χ0n) is 16.7. The van der Waals surface area contributed by atoms with E-state index in [4.69, 9.17) is 4.74 Å². The van der Waals surface area contributed by atoms with E-state index < -0.39 is 11.9 Å². The zero-order valence-corrected chi connectivity index (χ0v) is 16.7. The maximum absolute atomic E-state index is 12.9. The van der Waals surface area contributed by atoms with Crippen molar-refractivity contribution in [1.29, 1.82) is 0 Å². The molecule has 0 N–H and O–H groups in total. The van der Waals surface area contributed by atoms with Gasteiger partial charge < -0.3 is 9.47 Å². The molecule has 2 aromatic rings. The predicted molar refractivity (Wildman–Crippen MR) is 109 cm³/mol. The molecule has 2 fully saturated rings. The summed E-state index contributed by atoms with van der Waals surface area (Å²) in [5.74, 6) is -1.33. The fourth-order valence-electron chi connectivity index (χ4n) is 4.85. The molecule has 5 rings (SSSR count). The van der Waals surface area contributed by atoms with Gasteiger partial charge in [0.15, 0.2) is 0 Å². The van der Waals surface area contributed by atoms with E-state index in [0.29, 0.717) is 11.3 Å². The Hall–Kier alpha value is -3.74. The number of anilines is 1. The zero-order chi connectivity index (χ0) is 21.7. The Bertz CT molecular complexity index is 1090. The summed E-state index contributed by atoms with van der Waals surface area (Å²) in [6.45, 7) is 0. The van der Waals surface area contributed by atoms with Crippen LogP contribution in [0.4, 0.5) is 5.69 Å². The number of ether oxygens (including phenoxy) is 2. The van der Waals surface area contributed by atoms with Gasteiger partial charge in [0.05, 0.1) is 35.8 Å². The number of methoxy groups -OCH3 is 1. The fraction of sp³-hybridized carbons (Fsp3) is 0.250. The van der Waals surface area contributed by atoms with E-state index in [1.165, 1.54) is 48.4 Å². The Balaban J connectivity index is 1.29. The molecule has 2 bridgehead atoms. The van der Waals surface area contributed by atoms with Crippen LogP contribution < -0.4 is 9.64 Å². The van der Waals surface area contributed by atoms with Gasteiger partial charge in [0.2, 0.25) is 11.8 Å². The molecule has 3 aliphatic rings. The predicted octanol–water partition coefficient (Wildman–Crippen LogP) is 3.00. The standard InChI is InChI=1S/C24H19NO6/c1-30-23(28)13-6-10-18(11-7-13)31-24(29)14-4-8-17(9-5-14)25-21(26)19-15-2-3-16(12-15)20(19)22(25)27/h2-11,15-16,19-20H,12H2,1H3/t15-,16-,19-,20-/m0/s1. The molecule has 7 heteroatoms. The summed E-state index contributed by atoms with van der Waals surface area (Å²) >= 11 is 0. The van der Waals surface area contributed by atoms with E-state index >= 15 is 0 Å². The van der Waals surface area contributed by atoms with Gasteiger partial charge >= 0.3 is 11.9 Å². The minimum atomic E-state index is -0.587. The number of fused-ring (bicyclic) bond motifs is 5. The lowest BCUT2D eigenvalue weighted by atomic mass is 9.85. The lowest BCUT2D eigenvalue weighted by Crippen LogP contribution is -2.32. The molecule has 4 atom stereocenters. The lowest BCUT2D eigenvalue weighted by molar-refractivity contribution is -0.123. The highest BCUT2D eigenvalue weighted by Gasteiger charge is 2.59. The third-order valence-corrected chi connectivity index (χ3v) is 6.32. The lowest BCUT2D eigenvalue weighted by Gasteiger charge is -2.17. The maximum Gasteiger partial charge on any atom is 0.343 e. The number of esters is 2. The number of carbonyl (C=O) groups is 4. The van der Waals surface area contributed by atoms with Crippen molar-refractivity contribution in [2.45, 2.75) is 6.42 Å². The molecule has 0 unspecified atom stereocenters. The number of hydrogen-bond acceptors (Lipinski definition) is 6. The van der Waals surface area contributed by atoms with Gasteiger partial charge in [0.1, 0.15) is 5.75 Å². The highest BCUT2D eigenvalue weighted by Crippen LogP contribution is 2.53. The van der Waals surface area contributed by atoms with Crippen LogP contribution in [0.15, 0.2) is 60.7 Å². The first-order chi connectivity index (χ1) is 15.0. The first-order valence-corrected chi connectivity index (χ1v) is 10.0. The van der Waals surface area contributed by atoms with Crippen LogP contribution in [-0.2, 0) is 14.3 Å². The maximum atomic E-state index is 12.9. The smallest absolute Gasteiger partial charge is 0.343 e. The summed E-state index contributed by atoms with van der Waals surface area (Å²) in [5, 5.41) is 0. The summed E-state index contributed by atoms with van der Waals surface area (Å²) < 4.78 is 9.96. The fourth-order valence-corrected chi connectivity index (χ4v) is 4.85. The van der Waals surface area contributed by atoms with Crippen LogP contribution in [-0.4, -0.2) is 30.9 Å². The summed E-state index contributed by atoms with van der Waals surface area (Å²) in [6.07, 6.45) is 4.99. The molecule has 0 spiro atoms. The highest BCUT2D eigenvalue weighted by molar-refractivity contribution is 6.22. The number of allylic oxidation sites excluding steroid dienone is 2. The Kier molecular flexibility index (Phi) is 4.46. The van der Waals surface area contributed by atoms with Gasteiger partial charge in [-0.25, -0.2) is 9.59 Å². The van der Waals surface area contributed by atoms with E-state index in [-0.39, 0.29) is 46.8 Å². The first-order valence-electron chi connectivity index (χ1n) is 10.0. The van der Waals surface area contributed by atoms with Crippen molar-refractivity contribution in [1.82, 2.24) is 0 Å². The van der Waals surface area contributed by atoms with Crippen molar-refractivity contribution in [3.05, 3.63) is 71.8 Å². The van der Waals surface area contributed by atoms with Crippen LogP contribution >= 0.6 is 0 Å². The van der Waals surface area contributed by atoms with Crippen LogP contribution in [0.3, 0.4) is 0 Å². The number of imide groups is 1. The number of amides is 2. The molecular weight excluding hydrogens is 398 g/mol. The quantitative estimate of drug-likeness (QED) is 0.329. The van der Waals surface area contributed by atoms with Crippen molar-refractivity contribution in [2.24, 2.45) is 23.7 Å². The molecule has 1 heterocycles. The number of carbonyl (C=O) groups excluding carboxylic acids is 4. The second-order valence-corrected chi connectivity index (χ2v) is 7.96. The van der Waals surface area contributed by atoms with Gasteiger partial charge in [-0.15, -0.1) is 0 Å². The third-order valence-electron chi connectivity index (χ3n) is 6.32. The van der Waals surface area contributed by atoms with Crippen LogP contribution in [0.25, 0.3) is 0 Å². The largest absolute Gasteiger partial charge is 0.465 e. The topological polar surface area (TPSA) is 90.0 Å². The van der Waals surface area contributed by atoms with Gasteiger partial charge in [-0.3, -0.25) is 14.5 Å². The minimum Gasteiger partial charge on any atom is -0.465 e. The van der Waals surface area contributed by atoms with E-state index in [1.54, 1.807) is 12.1 Å². The van der Waals surface area contributed by atoms with Gasteiger partial charge in [0, 0.05) is 0 Å². The summed E-state index contributed by atoms with van der Waals surface area (Å²) in [4.78, 5) is 50.9. The molecule has 2 aliphatic carbocycles. The average molecular weight is 417 g/mol. The van der Waals surface area contributed by atoms with E-state index in [0.717, 1.165) is 6.42 Å². The third kappa shape index (κ3) is 3.04. The Morgan fingerprint density at radius 3 is 1.87 bits per heavy atom. The number of benzene rings is 2. The number of rotatable bonds is 4. The number of hydrogen-bond donors (Lipinski definition) is 0. The summed E-state index contributed by atoms with van der Waals surface area (Å²) in [5.41, 5.74) is 1.09. The minimum absolute atomic E-state index is 0.149. The van der Waals surface area contributed by atoms with E-state index in [9.17, 15) is 19.2 Å². The summed E-state index contributed by atoms with van der Waals surface area (Å²) in [7, 11) is 1.29. The molecule has 31 heavy (non-hydrogen) atoms. The van der Waals surface area contributed by atoms with Gasteiger partial charge in [0.25, 0.3) is 0 Å². The van der Waals surface area contributed by atoms with E-state index in [2.05, 4.69) is 16.9 Å². The van der Waals surface area contributed by atoms with Gasteiger partial charge in [-0.2, -0.15) is 0 Å². The van der Waals surface area contributed by atoms with Gasteiger partial charge in [-0.1, -0.05) is 12.2 Å². The van der Waals surface area contributed by atoms with Crippen LogP contribution in [0, 0.1) is 23.7 Å². The molecule has 0 aromatic heterocycles. The Labute approximate surface area is 178 Å². The van der Waals surface area contributed by atoms with Gasteiger partial charge in [-0.05, 0) is 66.8 Å². The van der Waals surface area contributed by atoms with Crippen LogP contribution in [0.2, 0.25) is 0 Å². The molecule has 1 aliphatic heterocycles. The van der Waals surface area contributed by atoms with Crippen LogP contribution in [0.1, 0.15) is 27.1 Å². The SMILES string of the molecule is COC(=O)c1ccc(OC(=O)c2ccc(N3C(=O)[C@@H]4[C@@H](C3=O)[C@H]3C=C[C@H]4C3)cc2)cc1. The van der Waals surface area contributed by atoms with Crippen molar-refractivity contribution in [3.8, 4) is 5.75 Å². The molecule has 7 nitrogen and oxygen atoms in total. The monoisotopic (exact) mass is 417 g/mol. The van der Waals surface area contributed by atoms with Crippen molar-refractivity contribution in [3.63, 3.8) is 0 Å². The molecule has 1 saturated carbocycles. The van der Waals surface area contributed by atoms with Crippen molar-refractivity contribution < 1.29 is 28.7 Å². The Morgan fingerprint density at radius 2 is 1.32 bits per heavy atom. The second kappa shape index (κ2) is 7.19. The molecule has 0 radical (unpaired) electrons. The molecule has 2 amide bonds. The molecule has 2 aromatic carbocycles. The van der Waals surface area contributed by atoms with Crippen molar-refractivity contribution in [2.75, 3.05) is 12.0 Å². The second-order valence-electron chi connectivity index (χ2n) is 7.96. The van der Waals surface area contributed by atoms with E-state index in [1.807, 2.05) is 0 Å². The molecule has 1 saturated heterocycles. The Morgan fingerprint density at radius 1 is 0.806 bits per heavy atom. The van der Waals surface area contributed by atoms with Crippen molar-refractivity contribution >= 4 is 29.4 Å². The van der Waals surface area contributed by atoms with Crippen LogP contribution in [0.5, 0.6) is 5.75 Å². The normalized spacial score (nSPS) is 25.6. The number of nitrogens with zero attached hydrogens (tertiary/aromatic N) is 1. The average Bonchev–Trinajstić information content (AvgIpc) is 3.47. The molecule has 156 valence electrons. The highest BCUT2D eigenvalue weighted by atomic mass is 16.5. The molecular formula is C24H19NO6. The first kappa shape index (κ1) is 19.2.